The van der Waals surface area contributed by atoms with Gasteiger partial charge in [-0.05, 0) is 29.4 Å². The maximum absolute atomic E-state index is 5.49. The summed E-state index contributed by atoms with van der Waals surface area (Å²) in [6, 6.07) is 18.6. The van der Waals surface area contributed by atoms with E-state index in [0.29, 0.717) is 5.92 Å². The second-order valence-electron chi connectivity index (χ2n) is 10.1. The molecule has 0 aromatic heterocycles. The Bertz CT molecular complexity index is 824. The van der Waals surface area contributed by atoms with Gasteiger partial charge >= 0.3 is 0 Å². The van der Waals surface area contributed by atoms with Gasteiger partial charge in [0.25, 0.3) is 0 Å². The zero-order valence-corrected chi connectivity index (χ0v) is 21.3. The summed E-state index contributed by atoms with van der Waals surface area (Å²) in [6.07, 6.45) is 6.01. The van der Waals surface area contributed by atoms with Gasteiger partial charge in [0, 0.05) is 39.3 Å². The van der Waals surface area contributed by atoms with Crippen molar-refractivity contribution < 1.29 is 9.47 Å². The Morgan fingerprint density at radius 1 is 0.765 bits per heavy atom. The van der Waals surface area contributed by atoms with E-state index in [1.54, 1.807) is 0 Å². The van der Waals surface area contributed by atoms with E-state index in [1.807, 2.05) is 0 Å². The van der Waals surface area contributed by atoms with E-state index in [1.165, 1.54) is 35.1 Å². The second kappa shape index (κ2) is 13.3. The second-order valence-corrected chi connectivity index (χ2v) is 10.1. The molecule has 2 aromatic carbocycles. The van der Waals surface area contributed by atoms with Gasteiger partial charge in [-0.15, -0.1) is 12.1 Å². The maximum atomic E-state index is 5.49. The van der Waals surface area contributed by atoms with E-state index in [4.69, 9.17) is 9.47 Å². The van der Waals surface area contributed by atoms with Gasteiger partial charge in [-0.2, -0.15) is 24.1 Å². The Morgan fingerprint density at radius 3 is 1.76 bits per heavy atom. The van der Waals surface area contributed by atoms with Crippen LogP contribution < -0.4 is 0 Å². The van der Waals surface area contributed by atoms with Crippen LogP contribution in [-0.2, 0) is 22.6 Å². The van der Waals surface area contributed by atoms with Crippen LogP contribution >= 0.6 is 0 Å². The average molecular weight is 464 g/mol. The zero-order valence-electron chi connectivity index (χ0n) is 21.3. The van der Waals surface area contributed by atoms with Gasteiger partial charge in [0.05, 0.1) is 26.4 Å². The number of morpholine rings is 2. The molecule has 2 fully saturated rings. The summed E-state index contributed by atoms with van der Waals surface area (Å²) in [4.78, 5) is 4.97. The normalized spacial score (nSPS) is 19.6. The third-order valence-electron chi connectivity index (χ3n) is 7.47. The monoisotopic (exact) mass is 463 g/mol. The molecule has 2 aromatic rings. The summed E-state index contributed by atoms with van der Waals surface area (Å²) in [7, 11) is 0. The summed E-state index contributed by atoms with van der Waals surface area (Å²) >= 11 is 0. The largest absolute Gasteiger partial charge is 0.379 e. The molecule has 2 aliphatic rings. The van der Waals surface area contributed by atoms with E-state index in [2.05, 4.69) is 78.6 Å². The van der Waals surface area contributed by atoms with Crippen LogP contribution in [0.25, 0.3) is 0 Å². The lowest BCUT2D eigenvalue weighted by molar-refractivity contribution is 0.0341. The minimum Gasteiger partial charge on any atom is -0.379 e. The molecular weight excluding hydrogens is 420 g/mol. The first-order valence-electron chi connectivity index (χ1n) is 13.3. The number of nitrogens with zero attached hydrogens (tertiary/aromatic N) is 2. The molecule has 186 valence electrons. The standard InChI is InChI=1S/C30H43N2O2/c1-3-25(2)22-30(29-11-9-28(10-12-29)24-32-16-20-34-21-17-32)13-8-26-4-6-27(7-5-26)23-31-14-18-33-19-15-31/h4-12,25,30H,3,13-24H2,1-2H3/q-1. The highest BCUT2D eigenvalue weighted by Crippen LogP contribution is 2.31. The highest BCUT2D eigenvalue weighted by molar-refractivity contribution is 5.30. The van der Waals surface area contributed by atoms with Crippen molar-refractivity contribution in [2.45, 2.75) is 52.1 Å². The van der Waals surface area contributed by atoms with Gasteiger partial charge in [0.2, 0.25) is 0 Å². The molecule has 0 bridgehead atoms. The molecule has 2 aliphatic heterocycles. The van der Waals surface area contributed by atoms with Crippen molar-refractivity contribution in [2.24, 2.45) is 5.92 Å². The van der Waals surface area contributed by atoms with Crippen molar-refractivity contribution in [3.63, 3.8) is 0 Å². The summed E-state index contributed by atoms with van der Waals surface area (Å²) in [5, 5.41) is 0. The molecule has 34 heavy (non-hydrogen) atoms. The average Bonchev–Trinajstić information content (AvgIpc) is 2.89. The predicted molar refractivity (Wildman–Crippen MR) is 140 cm³/mol. The van der Waals surface area contributed by atoms with Crippen LogP contribution in [0, 0.1) is 12.3 Å². The molecule has 0 amide bonds. The van der Waals surface area contributed by atoms with Gasteiger partial charge in [0.15, 0.2) is 0 Å². The number of hydrogen-bond donors (Lipinski definition) is 0. The fourth-order valence-electron chi connectivity index (χ4n) is 4.99. The predicted octanol–water partition coefficient (Wildman–Crippen LogP) is 5.51. The minimum absolute atomic E-state index is 0.570. The van der Waals surface area contributed by atoms with Crippen molar-refractivity contribution in [3.05, 3.63) is 77.2 Å². The maximum Gasteiger partial charge on any atom is 0.0594 e. The Hall–Kier alpha value is -1.85. The molecule has 0 aliphatic carbocycles. The molecule has 0 N–H and O–H groups in total. The van der Waals surface area contributed by atoms with Crippen LogP contribution in [-0.4, -0.2) is 62.4 Å². The van der Waals surface area contributed by atoms with Gasteiger partial charge in [-0.3, -0.25) is 9.80 Å². The van der Waals surface area contributed by atoms with Gasteiger partial charge in [0.1, 0.15) is 0 Å². The van der Waals surface area contributed by atoms with Crippen LogP contribution in [0.1, 0.15) is 61.3 Å². The smallest absolute Gasteiger partial charge is 0.0594 e. The summed E-state index contributed by atoms with van der Waals surface area (Å²) in [6.45, 7) is 14.3. The van der Waals surface area contributed by atoms with Crippen LogP contribution in [0.3, 0.4) is 0 Å². The number of rotatable bonds is 11. The first-order chi connectivity index (χ1) is 16.7. The van der Waals surface area contributed by atoms with Gasteiger partial charge < -0.3 is 9.47 Å². The molecule has 0 spiro atoms. The Balaban J connectivity index is 1.33. The number of benzene rings is 2. The van der Waals surface area contributed by atoms with Crippen molar-refractivity contribution in [2.75, 3.05) is 52.6 Å². The third kappa shape index (κ3) is 7.84. The summed E-state index contributed by atoms with van der Waals surface area (Å²) in [5.41, 5.74) is 5.62. The molecular formula is C30H43N2O2-. The first-order valence-corrected chi connectivity index (χ1v) is 13.3. The third-order valence-corrected chi connectivity index (χ3v) is 7.47. The highest BCUT2D eigenvalue weighted by atomic mass is 16.5. The van der Waals surface area contributed by atoms with Crippen LogP contribution in [0.4, 0.5) is 0 Å². The van der Waals surface area contributed by atoms with Crippen molar-refractivity contribution in [1.82, 2.24) is 9.80 Å². The fraction of sp³-hybridized carbons (Fsp3) is 0.567. The number of hydrogen-bond acceptors (Lipinski definition) is 4. The molecule has 0 radical (unpaired) electrons. The molecule has 4 heteroatoms. The van der Waals surface area contributed by atoms with Crippen molar-refractivity contribution >= 4 is 0 Å². The molecule has 2 unspecified atom stereocenters. The molecule has 2 saturated heterocycles. The fourth-order valence-corrected chi connectivity index (χ4v) is 4.99. The highest BCUT2D eigenvalue weighted by Gasteiger charge is 2.15. The van der Waals surface area contributed by atoms with E-state index in [0.717, 1.165) is 78.0 Å². The van der Waals surface area contributed by atoms with Crippen LogP contribution in [0.2, 0.25) is 0 Å². The lowest BCUT2D eigenvalue weighted by Crippen LogP contribution is -2.35. The molecule has 2 atom stereocenters. The van der Waals surface area contributed by atoms with Crippen molar-refractivity contribution in [1.29, 1.82) is 0 Å². The van der Waals surface area contributed by atoms with Gasteiger partial charge in [-0.25, -0.2) is 0 Å². The zero-order chi connectivity index (χ0) is 23.6. The molecule has 4 rings (SSSR count). The number of ether oxygens (including phenoxy) is 2. The Labute approximate surface area is 207 Å². The molecule has 0 saturated carbocycles. The van der Waals surface area contributed by atoms with E-state index in [-0.39, 0.29) is 0 Å². The molecule has 2 heterocycles. The summed E-state index contributed by atoms with van der Waals surface area (Å²) < 4.78 is 11.0. The van der Waals surface area contributed by atoms with E-state index < -0.39 is 0 Å². The lowest BCUT2D eigenvalue weighted by Gasteiger charge is -2.27. The summed E-state index contributed by atoms with van der Waals surface area (Å²) in [5.74, 6) is 1.31. The Kier molecular flexibility index (Phi) is 9.87. The topological polar surface area (TPSA) is 24.9 Å². The first kappa shape index (κ1) is 25.2. The molecule has 4 nitrogen and oxygen atoms in total. The van der Waals surface area contributed by atoms with Crippen LogP contribution in [0.15, 0.2) is 48.5 Å². The van der Waals surface area contributed by atoms with Gasteiger partial charge in [-0.1, -0.05) is 56.5 Å². The minimum atomic E-state index is 0.570. The Morgan fingerprint density at radius 2 is 1.26 bits per heavy atom. The SMILES string of the molecule is CCC(C)CC(C[CH-]c1ccc(CN2CCOCC2)cc1)c1ccc(CN2CCOCC2)cc1. The lowest BCUT2D eigenvalue weighted by atomic mass is 9.84. The van der Waals surface area contributed by atoms with Crippen molar-refractivity contribution in [3.8, 4) is 0 Å². The van der Waals surface area contributed by atoms with E-state index in [9.17, 15) is 0 Å². The quantitative estimate of drug-likeness (QED) is 0.410. The van der Waals surface area contributed by atoms with Crippen LogP contribution in [0.5, 0.6) is 0 Å². The van der Waals surface area contributed by atoms with E-state index >= 15 is 0 Å².